The van der Waals surface area contributed by atoms with Crippen LogP contribution >= 0.6 is 11.6 Å². The van der Waals surface area contributed by atoms with Crippen LogP contribution in [0.25, 0.3) is 0 Å². The summed E-state index contributed by atoms with van der Waals surface area (Å²) in [5, 5.41) is 12.3. The highest BCUT2D eigenvalue weighted by Crippen LogP contribution is 2.24. The SMILES string of the molecule is OCc1ccc(Cl)c(NCc2cc(F)c(F)c(F)c2)c1. The van der Waals surface area contributed by atoms with Gasteiger partial charge in [0.15, 0.2) is 17.5 Å². The van der Waals surface area contributed by atoms with Crippen LogP contribution in [0.1, 0.15) is 11.1 Å². The Hall–Kier alpha value is -1.72. The number of benzene rings is 2. The van der Waals surface area contributed by atoms with Crippen molar-refractivity contribution in [3.8, 4) is 0 Å². The fraction of sp³-hybridized carbons (Fsp3) is 0.143. The highest BCUT2D eigenvalue weighted by molar-refractivity contribution is 6.33. The van der Waals surface area contributed by atoms with Crippen LogP contribution in [-0.2, 0) is 13.2 Å². The lowest BCUT2D eigenvalue weighted by molar-refractivity contribution is 0.282. The molecule has 0 radical (unpaired) electrons. The summed E-state index contributed by atoms with van der Waals surface area (Å²) in [6.07, 6.45) is 0. The Morgan fingerprint density at radius 1 is 1.00 bits per heavy atom. The van der Waals surface area contributed by atoms with Crippen molar-refractivity contribution in [2.75, 3.05) is 5.32 Å². The topological polar surface area (TPSA) is 32.3 Å². The summed E-state index contributed by atoms with van der Waals surface area (Å²) in [5.74, 6) is -3.97. The van der Waals surface area contributed by atoms with Crippen LogP contribution in [0.3, 0.4) is 0 Å². The maximum atomic E-state index is 13.1. The quantitative estimate of drug-likeness (QED) is 0.841. The van der Waals surface area contributed by atoms with Gasteiger partial charge >= 0.3 is 0 Å². The van der Waals surface area contributed by atoms with Gasteiger partial charge in [0.05, 0.1) is 17.3 Å². The second-order valence-corrected chi connectivity index (χ2v) is 4.61. The van der Waals surface area contributed by atoms with Crippen molar-refractivity contribution in [1.29, 1.82) is 0 Å². The molecule has 0 bridgehead atoms. The average Bonchev–Trinajstić information content (AvgIpc) is 2.43. The van der Waals surface area contributed by atoms with Crippen molar-refractivity contribution in [2.45, 2.75) is 13.2 Å². The van der Waals surface area contributed by atoms with Crippen molar-refractivity contribution in [3.05, 3.63) is 63.9 Å². The van der Waals surface area contributed by atoms with Gasteiger partial charge in [-0.05, 0) is 35.4 Å². The minimum absolute atomic E-state index is 0.0721. The Kier molecular flexibility index (Phi) is 4.52. The molecule has 0 aromatic heterocycles. The van der Waals surface area contributed by atoms with Crippen LogP contribution < -0.4 is 5.32 Å². The van der Waals surface area contributed by atoms with E-state index in [4.69, 9.17) is 16.7 Å². The molecule has 2 aromatic carbocycles. The average molecular weight is 302 g/mol. The Bertz CT molecular complexity index is 611. The first kappa shape index (κ1) is 14.7. The third kappa shape index (κ3) is 3.23. The minimum atomic E-state index is -1.49. The second kappa shape index (κ2) is 6.15. The lowest BCUT2D eigenvalue weighted by atomic mass is 10.1. The van der Waals surface area contributed by atoms with Crippen LogP contribution in [0.4, 0.5) is 18.9 Å². The standard InChI is InChI=1S/C14H11ClF3NO/c15-10-2-1-8(7-20)5-13(10)19-6-9-3-11(16)14(18)12(17)4-9/h1-5,19-20H,6-7H2. The molecule has 0 heterocycles. The lowest BCUT2D eigenvalue weighted by Gasteiger charge is -2.10. The number of rotatable bonds is 4. The van der Waals surface area contributed by atoms with E-state index in [2.05, 4.69) is 5.32 Å². The van der Waals surface area contributed by atoms with Crippen molar-refractivity contribution in [3.63, 3.8) is 0 Å². The maximum absolute atomic E-state index is 13.1. The lowest BCUT2D eigenvalue weighted by Crippen LogP contribution is -2.03. The van der Waals surface area contributed by atoms with E-state index in [1.54, 1.807) is 18.2 Å². The summed E-state index contributed by atoms with van der Waals surface area (Å²) in [5.41, 5.74) is 1.41. The number of anilines is 1. The molecule has 0 saturated carbocycles. The molecule has 2 nitrogen and oxygen atoms in total. The molecule has 0 aliphatic heterocycles. The zero-order chi connectivity index (χ0) is 14.7. The molecule has 6 heteroatoms. The first-order chi connectivity index (χ1) is 9.51. The molecular formula is C14H11ClF3NO. The van der Waals surface area contributed by atoms with Gasteiger partial charge < -0.3 is 10.4 Å². The van der Waals surface area contributed by atoms with Crippen LogP contribution in [-0.4, -0.2) is 5.11 Å². The molecule has 2 N–H and O–H groups in total. The second-order valence-electron chi connectivity index (χ2n) is 4.20. The van der Waals surface area contributed by atoms with Gasteiger partial charge in [-0.25, -0.2) is 13.2 Å². The van der Waals surface area contributed by atoms with E-state index >= 15 is 0 Å². The van der Waals surface area contributed by atoms with E-state index < -0.39 is 17.5 Å². The molecule has 0 aliphatic rings. The Balaban J connectivity index is 2.16. The molecule has 0 spiro atoms. The first-order valence-electron chi connectivity index (χ1n) is 5.78. The van der Waals surface area contributed by atoms with E-state index in [1.807, 2.05) is 0 Å². The number of halogens is 4. The third-order valence-corrected chi connectivity index (χ3v) is 3.07. The predicted octanol–water partition coefficient (Wildman–Crippen LogP) is 3.86. The Labute approximate surface area is 118 Å². The van der Waals surface area contributed by atoms with Gasteiger partial charge in [0, 0.05) is 6.54 Å². The fourth-order valence-corrected chi connectivity index (χ4v) is 1.90. The minimum Gasteiger partial charge on any atom is -0.392 e. The predicted molar refractivity (Wildman–Crippen MR) is 71.0 cm³/mol. The largest absolute Gasteiger partial charge is 0.392 e. The highest BCUT2D eigenvalue weighted by atomic mass is 35.5. The van der Waals surface area contributed by atoms with Crippen molar-refractivity contribution < 1.29 is 18.3 Å². The zero-order valence-electron chi connectivity index (χ0n) is 10.3. The number of aliphatic hydroxyl groups is 1. The van der Waals surface area contributed by atoms with Crippen molar-refractivity contribution in [1.82, 2.24) is 0 Å². The van der Waals surface area contributed by atoms with E-state index in [9.17, 15) is 13.2 Å². The molecule has 0 atom stereocenters. The molecule has 20 heavy (non-hydrogen) atoms. The highest BCUT2D eigenvalue weighted by Gasteiger charge is 2.10. The smallest absolute Gasteiger partial charge is 0.194 e. The number of hydrogen-bond acceptors (Lipinski definition) is 2. The van der Waals surface area contributed by atoms with E-state index in [-0.39, 0.29) is 18.7 Å². The summed E-state index contributed by atoms with van der Waals surface area (Å²) in [7, 11) is 0. The molecule has 0 saturated heterocycles. The van der Waals surface area contributed by atoms with Gasteiger partial charge in [-0.1, -0.05) is 17.7 Å². The normalized spacial score (nSPS) is 10.7. The van der Waals surface area contributed by atoms with Gasteiger partial charge in [0.25, 0.3) is 0 Å². The first-order valence-corrected chi connectivity index (χ1v) is 6.15. The summed E-state index contributed by atoms with van der Waals surface area (Å²) >= 11 is 5.95. The molecule has 2 aromatic rings. The number of nitrogens with one attached hydrogen (secondary N) is 1. The van der Waals surface area contributed by atoms with Gasteiger partial charge in [0.1, 0.15) is 0 Å². The molecule has 2 rings (SSSR count). The zero-order valence-corrected chi connectivity index (χ0v) is 11.0. The molecule has 0 unspecified atom stereocenters. The Morgan fingerprint density at radius 2 is 1.65 bits per heavy atom. The monoisotopic (exact) mass is 301 g/mol. The fourth-order valence-electron chi connectivity index (χ4n) is 1.71. The van der Waals surface area contributed by atoms with Crippen LogP contribution in [0.2, 0.25) is 5.02 Å². The van der Waals surface area contributed by atoms with Crippen LogP contribution in [0.15, 0.2) is 30.3 Å². The Morgan fingerprint density at radius 3 is 2.25 bits per heavy atom. The van der Waals surface area contributed by atoms with Crippen molar-refractivity contribution >= 4 is 17.3 Å². The van der Waals surface area contributed by atoms with Gasteiger partial charge in [-0.3, -0.25) is 0 Å². The van der Waals surface area contributed by atoms with E-state index in [0.717, 1.165) is 12.1 Å². The summed E-state index contributed by atoms with van der Waals surface area (Å²) in [4.78, 5) is 0. The van der Waals surface area contributed by atoms with Gasteiger partial charge in [-0.2, -0.15) is 0 Å². The number of aliphatic hydroxyl groups excluding tert-OH is 1. The van der Waals surface area contributed by atoms with E-state index in [0.29, 0.717) is 16.3 Å². The van der Waals surface area contributed by atoms with Gasteiger partial charge in [-0.15, -0.1) is 0 Å². The molecule has 0 aliphatic carbocycles. The maximum Gasteiger partial charge on any atom is 0.194 e. The van der Waals surface area contributed by atoms with Crippen molar-refractivity contribution in [2.24, 2.45) is 0 Å². The molecule has 0 amide bonds. The molecule has 0 fully saturated rings. The summed E-state index contributed by atoms with van der Waals surface area (Å²) in [6.45, 7) is -0.0750. The third-order valence-electron chi connectivity index (χ3n) is 2.74. The summed E-state index contributed by atoms with van der Waals surface area (Å²) in [6, 6.07) is 6.70. The number of hydrogen-bond donors (Lipinski definition) is 2. The molecule has 106 valence electrons. The summed E-state index contributed by atoms with van der Waals surface area (Å²) < 4.78 is 38.9. The van der Waals surface area contributed by atoms with Crippen LogP contribution in [0.5, 0.6) is 0 Å². The molecular weight excluding hydrogens is 291 g/mol. The van der Waals surface area contributed by atoms with Gasteiger partial charge in [0.2, 0.25) is 0 Å². The van der Waals surface area contributed by atoms with E-state index in [1.165, 1.54) is 0 Å². The van der Waals surface area contributed by atoms with Crippen LogP contribution in [0, 0.1) is 17.5 Å².